The third kappa shape index (κ3) is 4.77. The van der Waals surface area contributed by atoms with Crippen LogP contribution in [0.4, 0.5) is 5.95 Å². The fraction of sp³-hybridized carbons (Fsp3) is 0.643. The molecule has 1 heterocycles. The van der Waals surface area contributed by atoms with Gasteiger partial charge in [-0.3, -0.25) is 0 Å². The van der Waals surface area contributed by atoms with Crippen LogP contribution in [0.5, 0.6) is 0 Å². The van der Waals surface area contributed by atoms with Crippen LogP contribution in [0.3, 0.4) is 0 Å². The molecule has 0 aliphatic carbocycles. The van der Waals surface area contributed by atoms with Crippen LogP contribution in [-0.2, 0) is 0 Å². The highest BCUT2D eigenvalue weighted by atomic mass is 16.4. The lowest BCUT2D eigenvalue weighted by Crippen LogP contribution is -2.31. The summed E-state index contributed by atoms with van der Waals surface area (Å²) < 4.78 is 0. The minimum absolute atomic E-state index is 0.0391. The van der Waals surface area contributed by atoms with E-state index in [0.717, 1.165) is 39.1 Å². The van der Waals surface area contributed by atoms with Gasteiger partial charge < -0.3 is 14.9 Å². The topological polar surface area (TPSA) is 69.6 Å². The molecule has 0 aliphatic heterocycles. The molecule has 0 amide bonds. The second-order valence-corrected chi connectivity index (χ2v) is 4.51. The molecule has 0 fully saturated rings. The number of carbonyl (C=O) groups is 1. The average Bonchev–Trinajstić information content (AvgIpc) is 2.48. The van der Waals surface area contributed by atoms with Crippen LogP contribution in [0.2, 0.25) is 0 Å². The molecule has 6 heteroatoms. The maximum Gasteiger partial charge on any atom is 0.354 e. The van der Waals surface area contributed by atoms with Crippen LogP contribution in [0, 0.1) is 0 Å². The van der Waals surface area contributed by atoms with Crippen LogP contribution in [-0.4, -0.2) is 58.7 Å². The molecule has 6 nitrogen and oxygen atoms in total. The van der Waals surface area contributed by atoms with Crippen molar-refractivity contribution in [2.24, 2.45) is 0 Å². The second kappa shape index (κ2) is 8.47. The third-order valence-corrected chi connectivity index (χ3v) is 3.32. The normalized spacial score (nSPS) is 10.8. The summed E-state index contributed by atoms with van der Waals surface area (Å²) in [5.74, 6) is -0.528. The van der Waals surface area contributed by atoms with Gasteiger partial charge in [0.05, 0.1) is 0 Å². The molecule has 1 aromatic rings. The maximum atomic E-state index is 10.9. The molecule has 0 aliphatic rings. The lowest BCUT2D eigenvalue weighted by atomic mass is 10.3. The number of carboxylic acid groups (broad SMARTS) is 1. The first-order valence-corrected chi connectivity index (χ1v) is 7.15. The number of hydrogen-bond acceptors (Lipinski definition) is 5. The van der Waals surface area contributed by atoms with Crippen molar-refractivity contribution in [2.45, 2.75) is 27.2 Å². The minimum atomic E-state index is -1.02. The number of hydrogen-bond donors (Lipinski definition) is 1. The van der Waals surface area contributed by atoms with Gasteiger partial charge in [0, 0.05) is 19.3 Å². The van der Waals surface area contributed by atoms with Crippen molar-refractivity contribution < 1.29 is 9.90 Å². The number of carboxylic acids is 1. The standard InChI is InChI=1S/C14H24N4O2/c1-4-17(5-2)10-7-11-18(6-3)14-15-9-8-12(16-14)13(19)20/h8-9H,4-7,10-11H2,1-3H3,(H,19,20). The Kier molecular flexibility index (Phi) is 6.93. The predicted molar refractivity (Wildman–Crippen MR) is 79.3 cm³/mol. The lowest BCUT2D eigenvalue weighted by Gasteiger charge is -2.23. The van der Waals surface area contributed by atoms with E-state index in [4.69, 9.17) is 5.11 Å². The zero-order chi connectivity index (χ0) is 15.0. The van der Waals surface area contributed by atoms with Crippen LogP contribution in [0.1, 0.15) is 37.7 Å². The fourth-order valence-corrected chi connectivity index (χ4v) is 2.04. The summed E-state index contributed by atoms with van der Waals surface area (Å²) in [6, 6.07) is 1.41. The fourth-order valence-electron chi connectivity index (χ4n) is 2.04. The van der Waals surface area contributed by atoms with Crippen LogP contribution < -0.4 is 4.90 Å². The Hall–Kier alpha value is -1.69. The quantitative estimate of drug-likeness (QED) is 0.743. The highest BCUT2D eigenvalue weighted by Crippen LogP contribution is 2.08. The van der Waals surface area contributed by atoms with Gasteiger partial charge in [-0.15, -0.1) is 0 Å². The van der Waals surface area contributed by atoms with Crippen molar-refractivity contribution in [2.75, 3.05) is 37.6 Å². The van der Waals surface area contributed by atoms with E-state index in [1.807, 2.05) is 11.8 Å². The summed E-state index contributed by atoms with van der Waals surface area (Å²) in [4.78, 5) is 23.6. The number of anilines is 1. The van der Waals surface area contributed by atoms with Gasteiger partial charge in [-0.25, -0.2) is 14.8 Å². The smallest absolute Gasteiger partial charge is 0.354 e. The molecule has 0 bridgehead atoms. The van der Waals surface area contributed by atoms with E-state index in [2.05, 4.69) is 28.7 Å². The lowest BCUT2D eigenvalue weighted by molar-refractivity contribution is 0.0690. The van der Waals surface area contributed by atoms with E-state index >= 15 is 0 Å². The minimum Gasteiger partial charge on any atom is -0.477 e. The Morgan fingerprint density at radius 3 is 2.45 bits per heavy atom. The van der Waals surface area contributed by atoms with Gasteiger partial charge in [-0.1, -0.05) is 13.8 Å². The van der Waals surface area contributed by atoms with Gasteiger partial charge in [0.1, 0.15) is 0 Å². The Bertz CT molecular complexity index is 421. The van der Waals surface area contributed by atoms with E-state index < -0.39 is 5.97 Å². The molecule has 1 rings (SSSR count). The summed E-state index contributed by atoms with van der Waals surface area (Å²) in [6.07, 6.45) is 2.51. The number of aromatic carboxylic acids is 1. The first kappa shape index (κ1) is 16.4. The number of nitrogens with zero attached hydrogens (tertiary/aromatic N) is 4. The van der Waals surface area contributed by atoms with Gasteiger partial charge in [-0.05, 0) is 39.0 Å². The number of rotatable bonds is 9. The zero-order valence-electron chi connectivity index (χ0n) is 12.5. The van der Waals surface area contributed by atoms with E-state index in [9.17, 15) is 4.79 Å². The molecule has 1 aromatic heterocycles. The van der Waals surface area contributed by atoms with E-state index in [1.165, 1.54) is 12.3 Å². The van der Waals surface area contributed by atoms with Gasteiger partial charge >= 0.3 is 5.97 Å². The summed E-state index contributed by atoms with van der Waals surface area (Å²) in [5, 5.41) is 8.96. The van der Waals surface area contributed by atoms with Crippen LogP contribution >= 0.6 is 0 Å². The molecule has 0 atom stereocenters. The van der Waals surface area contributed by atoms with Crippen LogP contribution in [0.25, 0.3) is 0 Å². The molecule has 20 heavy (non-hydrogen) atoms. The summed E-state index contributed by atoms with van der Waals surface area (Å²) in [7, 11) is 0. The van der Waals surface area contributed by atoms with Crippen molar-refractivity contribution in [3.63, 3.8) is 0 Å². The van der Waals surface area contributed by atoms with Crippen molar-refractivity contribution in [3.8, 4) is 0 Å². The summed E-state index contributed by atoms with van der Waals surface area (Å²) in [6.45, 7) is 11.1. The molecule has 0 aromatic carbocycles. The molecule has 0 saturated carbocycles. The SMILES string of the molecule is CCN(CC)CCCN(CC)c1nccc(C(=O)O)n1. The summed E-state index contributed by atoms with van der Waals surface area (Å²) in [5.41, 5.74) is 0.0391. The van der Waals surface area contributed by atoms with Gasteiger partial charge in [-0.2, -0.15) is 0 Å². The largest absolute Gasteiger partial charge is 0.477 e. The Morgan fingerprint density at radius 2 is 1.90 bits per heavy atom. The molecular formula is C14H24N4O2. The molecule has 0 saturated heterocycles. The van der Waals surface area contributed by atoms with Crippen molar-refractivity contribution in [3.05, 3.63) is 18.0 Å². The van der Waals surface area contributed by atoms with E-state index in [-0.39, 0.29) is 5.69 Å². The van der Waals surface area contributed by atoms with Crippen molar-refractivity contribution >= 4 is 11.9 Å². The van der Waals surface area contributed by atoms with E-state index in [1.54, 1.807) is 0 Å². The molecule has 0 unspecified atom stereocenters. The molecular weight excluding hydrogens is 256 g/mol. The average molecular weight is 280 g/mol. The molecule has 0 spiro atoms. The first-order chi connectivity index (χ1) is 9.62. The van der Waals surface area contributed by atoms with Crippen LogP contribution in [0.15, 0.2) is 12.3 Å². The molecule has 1 N–H and O–H groups in total. The highest BCUT2D eigenvalue weighted by Gasteiger charge is 2.11. The first-order valence-electron chi connectivity index (χ1n) is 7.15. The maximum absolute atomic E-state index is 10.9. The second-order valence-electron chi connectivity index (χ2n) is 4.51. The monoisotopic (exact) mass is 280 g/mol. The summed E-state index contributed by atoms with van der Waals surface area (Å²) >= 11 is 0. The van der Waals surface area contributed by atoms with E-state index in [0.29, 0.717) is 5.95 Å². The zero-order valence-corrected chi connectivity index (χ0v) is 12.5. The van der Waals surface area contributed by atoms with Gasteiger partial charge in [0.2, 0.25) is 5.95 Å². The third-order valence-electron chi connectivity index (χ3n) is 3.32. The van der Waals surface area contributed by atoms with Gasteiger partial charge in [0.25, 0.3) is 0 Å². The van der Waals surface area contributed by atoms with Crippen molar-refractivity contribution in [1.29, 1.82) is 0 Å². The van der Waals surface area contributed by atoms with Crippen molar-refractivity contribution in [1.82, 2.24) is 14.9 Å². The Balaban J connectivity index is 2.62. The Labute approximate surface area is 120 Å². The van der Waals surface area contributed by atoms with Gasteiger partial charge in [0.15, 0.2) is 5.69 Å². The molecule has 112 valence electrons. The number of aromatic nitrogens is 2. The predicted octanol–water partition coefficient (Wildman–Crippen LogP) is 1.73. The molecule has 0 radical (unpaired) electrons. The Morgan fingerprint density at radius 1 is 1.20 bits per heavy atom. The highest BCUT2D eigenvalue weighted by molar-refractivity contribution is 5.85.